The number of hydrogen-bond acceptors (Lipinski definition) is 3. The molecule has 0 fully saturated rings. The predicted octanol–water partition coefficient (Wildman–Crippen LogP) is 4.01. The van der Waals surface area contributed by atoms with Gasteiger partial charge in [0, 0.05) is 16.6 Å². The highest BCUT2D eigenvalue weighted by atomic mass is 79.9. The second-order valence-corrected chi connectivity index (χ2v) is 6.35. The van der Waals surface area contributed by atoms with E-state index in [1.807, 2.05) is 0 Å². The van der Waals surface area contributed by atoms with Crippen LogP contribution < -0.4 is 10.6 Å². The number of halogens is 4. The van der Waals surface area contributed by atoms with Gasteiger partial charge in [0.05, 0.1) is 17.9 Å². The first-order chi connectivity index (χ1) is 12.8. The van der Waals surface area contributed by atoms with E-state index in [1.165, 1.54) is 6.07 Å². The Morgan fingerprint density at radius 2 is 1.78 bits per heavy atom. The SMILES string of the molecule is O=C(Nc1ccccc1C(=O)NCCOCC(F)(F)F)c1cccc(Br)c1. The van der Waals surface area contributed by atoms with Crippen LogP contribution in [0.2, 0.25) is 0 Å². The molecule has 9 heteroatoms. The lowest BCUT2D eigenvalue weighted by Gasteiger charge is -2.12. The summed E-state index contributed by atoms with van der Waals surface area (Å²) in [4.78, 5) is 24.6. The molecule has 0 aliphatic rings. The first kappa shape index (κ1) is 20.9. The van der Waals surface area contributed by atoms with Crippen LogP contribution in [-0.2, 0) is 4.74 Å². The van der Waals surface area contributed by atoms with Gasteiger partial charge in [-0.2, -0.15) is 13.2 Å². The summed E-state index contributed by atoms with van der Waals surface area (Å²) < 4.78 is 41.1. The summed E-state index contributed by atoms with van der Waals surface area (Å²) in [5.74, 6) is -0.930. The van der Waals surface area contributed by atoms with Gasteiger partial charge in [-0.15, -0.1) is 0 Å². The Bertz CT molecular complexity index is 812. The van der Waals surface area contributed by atoms with E-state index >= 15 is 0 Å². The molecule has 2 aromatic rings. The van der Waals surface area contributed by atoms with Crippen molar-refractivity contribution in [3.8, 4) is 0 Å². The fraction of sp³-hybridized carbons (Fsp3) is 0.222. The van der Waals surface area contributed by atoms with Gasteiger partial charge in [0.1, 0.15) is 6.61 Å². The fourth-order valence-corrected chi connectivity index (χ4v) is 2.53. The van der Waals surface area contributed by atoms with Crippen LogP contribution in [0.25, 0.3) is 0 Å². The van der Waals surface area contributed by atoms with Crippen molar-refractivity contribution in [2.24, 2.45) is 0 Å². The lowest BCUT2D eigenvalue weighted by molar-refractivity contribution is -0.173. The lowest BCUT2D eigenvalue weighted by Crippen LogP contribution is -2.29. The predicted molar refractivity (Wildman–Crippen MR) is 97.7 cm³/mol. The molecular formula is C18H16BrF3N2O3. The second-order valence-electron chi connectivity index (χ2n) is 5.43. The minimum atomic E-state index is -4.41. The maximum atomic E-state index is 12.3. The number of ether oxygens (including phenoxy) is 1. The van der Waals surface area contributed by atoms with Gasteiger partial charge in [0.15, 0.2) is 0 Å². The number of carbonyl (C=O) groups excluding carboxylic acids is 2. The highest BCUT2D eigenvalue weighted by Crippen LogP contribution is 2.18. The third kappa shape index (κ3) is 7.03. The van der Waals surface area contributed by atoms with Crippen molar-refractivity contribution < 1.29 is 27.5 Å². The highest BCUT2D eigenvalue weighted by molar-refractivity contribution is 9.10. The molecule has 5 nitrogen and oxygen atoms in total. The highest BCUT2D eigenvalue weighted by Gasteiger charge is 2.27. The van der Waals surface area contributed by atoms with Gasteiger partial charge in [-0.1, -0.05) is 34.1 Å². The van der Waals surface area contributed by atoms with E-state index in [0.29, 0.717) is 5.56 Å². The molecule has 27 heavy (non-hydrogen) atoms. The third-order valence-electron chi connectivity index (χ3n) is 3.30. The van der Waals surface area contributed by atoms with Gasteiger partial charge in [-0.05, 0) is 30.3 Å². The van der Waals surface area contributed by atoms with Gasteiger partial charge >= 0.3 is 6.18 Å². The molecule has 0 heterocycles. The Labute approximate surface area is 162 Å². The normalized spacial score (nSPS) is 11.1. The molecule has 2 N–H and O–H groups in total. The zero-order chi connectivity index (χ0) is 19.9. The molecule has 2 aromatic carbocycles. The zero-order valence-corrected chi connectivity index (χ0v) is 15.6. The number of para-hydroxylation sites is 1. The Hall–Kier alpha value is -2.39. The number of anilines is 1. The standard InChI is InChI=1S/C18H16BrF3N2O3/c19-13-5-3-4-12(10-13)16(25)24-15-7-2-1-6-14(15)17(26)23-8-9-27-11-18(20,21)22/h1-7,10H,8-9,11H2,(H,23,26)(H,24,25). The average molecular weight is 445 g/mol. The first-order valence-corrected chi connectivity index (χ1v) is 8.64. The molecule has 0 spiro atoms. The van der Waals surface area contributed by atoms with Gasteiger partial charge in [-0.25, -0.2) is 0 Å². The van der Waals surface area contributed by atoms with E-state index in [4.69, 9.17) is 0 Å². The molecule has 0 aliphatic heterocycles. The molecule has 0 atom stereocenters. The summed E-state index contributed by atoms with van der Waals surface area (Å²) in [6.45, 7) is -1.75. The van der Waals surface area contributed by atoms with Crippen LogP contribution in [0.5, 0.6) is 0 Å². The Kier molecular flexibility index (Phi) is 7.37. The maximum absolute atomic E-state index is 12.3. The summed E-state index contributed by atoms with van der Waals surface area (Å²) in [5.41, 5.74) is 0.882. The number of carbonyl (C=O) groups is 2. The zero-order valence-electron chi connectivity index (χ0n) is 14.0. The summed E-state index contributed by atoms with van der Waals surface area (Å²) in [6.07, 6.45) is -4.41. The van der Waals surface area contributed by atoms with E-state index in [0.717, 1.165) is 4.47 Å². The maximum Gasteiger partial charge on any atom is 0.411 e. The topological polar surface area (TPSA) is 67.4 Å². The number of rotatable bonds is 7. The number of alkyl halides is 3. The van der Waals surface area contributed by atoms with E-state index in [1.54, 1.807) is 42.5 Å². The van der Waals surface area contributed by atoms with E-state index in [2.05, 4.69) is 31.3 Å². The molecule has 0 aromatic heterocycles. The van der Waals surface area contributed by atoms with Crippen molar-refractivity contribution in [1.29, 1.82) is 0 Å². The van der Waals surface area contributed by atoms with E-state index < -0.39 is 24.6 Å². The van der Waals surface area contributed by atoms with Crippen molar-refractivity contribution in [1.82, 2.24) is 5.32 Å². The van der Waals surface area contributed by atoms with Crippen molar-refractivity contribution >= 4 is 33.4 Å². The van der Waals surface area contributed by atoms with Crippen LogP contribution in [0, 0.1) is 0 Å². The molecule has 0 bridgehead atoms. The number of hydrogen-bond donors (Lipinski definition) is 2. The smallest absolute Gasteiger partial charge is 0.370 e. The summed E-state index contributed by atoms with van der Waals surface area (Å²) in [7, 11) is 0. The monoisotopic (exact) mass is 444 g/mol. The lowest BCUT2D eigenvalue weighted by atomic mass is 10.1. The van der Waals surface area contributed by atoms with Crippen LogP contribution >= 0.6 is 15.9 Å². The van der Waals surface area contributed by atoms with Crippen molar-refractivity contribution in [3.05, 3.63) is 64.1 Å². The summed E-state index contributed by atoms with van der Waals surface area (Å²) >= 11 is 3.28. The van der Waals surface area contributed by atoms with Gasteiger partial charge in [0.25, 0.3) is 11.8 Å². The quantitative estimate of drug-likeness (QED) is 0.634. The van der Waals surface area contributed by atoms with Gasteiger partial charge in [0.2, 0.25) is 0 Å². The molecule has 0 aliphatic carbocycles. The minimum absolute atomic E-state index is 0.0944. The Morgan fingerprint density at radius 1 is 1.04 bits per heavy atom. The van der Waals surface area contributed by atoms with E-state index in [-0.39, 0.29) is 24.4 Å². The van der Waals surface area contributed by atoms with Crippen LogP contribution in [0.15, 0.2) is 53.0 Å². The van der Waals surface area contributed by atoms with Crippen LogP contribution in [0.4, 0.5) is 18.9 Å². The Balaban J connectivity index is 1.96. The molecule has 0 saturated heterocycles. The number of amides is 2. The molecule has 2 rings (SSSR count). The fourth-order valence-electron chi connectivity index (χ4n) is 2.13. The molecule has 0 saturated carbocycles. The summed E-state index contributed by atoms with van der Waals surface area (Å²) in [6, 6.07) is 13.1. The molecule has 0 unspecified atom stereocenters. The first-order valence-electron chi connectivity index (χ1n) is 7.85. The van der Waals surface area contributed by atoms with Gasteiger partial charge < -0.3 is 15.4 Å². The van der Waals surface area contributed by atoms with Crippen LogP contribution in [-0.4, -0.2) is 37.7 Å². The van der Waals surface area contributed by atoms with E-state index in [9.17, 15) is 22.8 Å². The number of nitrogens with one attached hydrogen (secondary N) is 2. The van der Waals surface area contributed by atoms with Crippen molar-refractivity contribution in [3.63, 3.8) is 0 Å². The molecular weight excluding hydrogens is 429 g/mol. The third-order valence-corrected chi connectivity index (χ3v) is 3.80. The Morgan fingerprint density at radius 3 is 2.48 bits per heavy atom. The van der Waals surface area contributed by atoms with Crippen LogP contribution in [0.3, 0.4) is 0 Å². The van der Waals surface area contributed by atoms with Gasteiger partial charge in [-0.3, -0.25) is 9.59 Å². The largest absolute Gasteiger partial charge is 0.411 e. The van der Waals surface area contributed by atoms with Crippen molar-refractivity contribution in [2.75, 3.05) is 25.1 Å². The summed E-state index contributed by atoms with van der Waals surface area (Å²) in [5, 5.41) is 5.11. The molecule has 2 amide bonds. The number of benzene rings is 2. The molecule has 0 radical (unpaired) electrons. The average Bonchev–Trinajstić information content (AvgIpc) is 2.60. The van der Waals surface area contributed by atoms with Crippen molar-refractivity contribution in [2.45, 2.75) is 6.18 Å². The minimum Gasteiger partial charge on any atom is -0.370 e. The molecule has 144 valence electrons. The second kappa shape index (κ2) is 9.52. The van der Waals surface area contributed by atoms with Crippen LogP contribution in [0.1, 0.15) is 20.7 Å².